The van der Waals surface area contributed by atoms with Gasteiger partial charge in [-0.15, -0.1) is 11.3 Å². The first-order valence-electron chi connectivity index (χ1n) is 11.3. The summed E-state index contributed by atoms with van der Waals surface area (Å²) in [5.74, 6) is -0.571. The zero-order valence-corrected chi connectivity index (χ0v) is 22.9. The quantitative estimate of drug-likeness (QED) is 0.325. The minimum atomic E-state index is -3.96. The van der Waals surface area contributed by atoms with Gasteiger partial charge in [-0.2, -0.15) is 4.31 Å². The molecule has 0 saturated carbocycles. The molecule has 38 heavy (non-hydrogen) atoms. The molecule has 0 aliphatic carbocycles. The zero-order chi connectivity index (χ0) is 26.9. The summed E-state index contributed by atoms with van der Waals surface area (Å²) in [6, 6.07) is 17.3. The Labute approximate surface area is 229 Å². The van der Waals surface area contributed by atoms with Crippen molar-refractivity contribution < 1.29 is 21.6 Å². The van der Waals surface area contributed by atoms with Crippen LogP contribution in [0.5, 0.6) is 0 Å². The highest BCUT2D eigenvalue weighted by Gasteiger charge is 2.30. The van der Waals surface area contributed by atoms with Crippen LogP contribution in [0.3, 0.4) is 0 Å². The summed E-state index contributed by atoms with van der Waals surface area (Å²) in [6.45, 7) is 0.524. The number of benzene rings is 3. The third-order valence-corrected chi connectivity index (χ3v) is 10.5. The molecule has 9 nitrogen and oxygen atoms in total. The monoisotopic (exact) mass is 588 g/mol. The smallest absolute Gasteiger partial charge is 0.263 e. The molecule has 1 aliphatic heterocycles. The summed E-state index contributed by atoms with van der Waals surface area (Å²) >= 11 is 7.42. The lowest BCUT2D eigenvalue weighted by molar-refractivity contribution is 0.102. The van der Waals surface area contributed by atoms with E-state index in [0.717, 1.165) is 22.5 Å². The molecule has 4 aromatic rings. The number of rotatable bonds is 7. The second-order valence-corrected chi connectivity index (χ2v) is 13.3. The molecule has 0 atom stereocenters. The molecule has 1 amide bonds. The van der Waals surface area contributed by atoms with Crippen molar-refractivity contribution in [3.63, 3.8) is 0 Å². The van der Waals surface area contributed by atoms with Crippen LogP contribution in [0.1, 0.15) is 21.5 Å². The van der Waals surface area contributed by atoms with Gasteiger partial charge in [-0.05, 0) is 60.0 Å². The molecule has 196 valence electrons. The average molecular weight is 589 g/mol. The van der Waals surface area contributed by atoms with Gasteiger partial charge in [-0.3, -0.25) is 9.52 Å². The fourth-order valence-electron chi connectivity index (χ4n) is 4.02. The van der Waals surface area contributed by atoms with Crippen LogP contribution in [0.2, 0.25) is 5.02 Å². The van der Waals surface area contributed by atoms with E-state index < -0.39 is 26.0 Å². The van der Waals surface area contributed by atoms with Crippen LogP contribution in [-0.4, -0.2) is 38.6 Å². The van der Waals surface area contributed by atoms with Gasteiger partial charge in [0.1, 0.15) is 4.90 Å². The molecule has 1 aromatic heterocycles. The Morgan fingerprint density at radius 2 is 1.71 bits per heavy atom. The van der Waals surface area contributed by atoms with Crippen LogP contribution in [0, 0.1) is 0 Å². The number of hydrogen-bond donors (Lipinski definition) is 2. The summed E-state index contributed by atoms with van der Waals surface area (Å²) < 4.78 is 55.6. The maximum Gasteiger partial charge on any atom is 0.263 e. The second-order valence-electron chi connectivity index (χ2n) is 8.42. The van der Waals surface area contributed by atoms with Gasteiger partial charge in [0.05, 0.1) is 9.92 Å². The van der Waals surface area contributed by atoms with Crippen molar-refractivity contribution in [2.24, 2.45) is 0 Å². The number of nitrogens with one attached hydrogen (secondary N) is 2. The Balaban J connectivity index is 1.32. The van der Waals surface area contributed by atoms with Gasteiger partial charge in [0, 0.05) is 35.9 Å². The molecule has 13 heteroatoms. The van der Waals surface area contributed by atoms with Gasteiger partial charge in [-0.25, -0.2) is 21.8 Å². The first-order chi connectivity index (χ1) is 18.1. The fraction of sp³-hybridized carbons (Fsp3) is 0.120. The van der Waals surface area contributed by atoms with Crippen LogP contribution < -0.4 is 10.0 Å². The zero-order valence-electron chi connectivity index (χ0n) is 19.7. The Hall–Kier alpha value is -3.29. The van der Waals surface area contributed by atoms with E-state index in [0.29, 0.717) is 18.7 Å². The van der Waals surface area contributed by atoms with Crippen molar-refractivity contribution >= 4 is 59.7 Å². The molecule has 1 aliphatic rings. The van der Waals surface area contributed by atoms with E-state index in [1.165, 1.54) is 53.0 Å². The number of anilines is 2. The normalized spacial score (nSPS) is 14.0. The number of sulfonamides is 2. The van der Waals surface area contributed by atoms with Gasteiger partial charge in [0.15, 0.2) is 5.13 Å². The Bertz CT molecular complexity index is 1710. The number of aromatic nitrogens is 1. The lowest BCUT2D eigenvalue weighted by Crippen LogP contribution is -2.36. The molecule has 5 rings (SSSR count). The van der Waals surface area contributed by atoms with Crippen molar-refractivity contribution in [3.05, 3.63) is 100 Å². The molecule has 0 unspecified atom stereocenters. The predicted octanol–water partition coefficient (Wildman–Crippen LogP) is 4.60. The second kappa shape index (κ2) is 10.5. The van der Waals surface area contributed by atoms with Crippen LogP contribution in [-0.2, 0) is 33.0 Å². The van der Waals surface area contributed by atoms with Crippen LogP contribution in [0.4, 0.5) is 10.8 Å². The maximum atomic E-state index is 13.4. The molecular weight excluding hydrogens is 568 g/mol. The summed E-state index contributed by atoms with van der Waals surface area (Å²) in [6.07, 6.45) is 2.07. The molecule has 2 heterocycles. The third-order valence-electron chi connectivity index (χ3n) is 5.98. The highest BCUT2D eigenvalue weighted by molar-refractivity contribution is 7.93. The third kappa shape index (κ3) is 5.45. The van der Waals surface area contributed by atoms with Crippen molar-refractivity contribution in [2.45, 2.75) is 22.8 Å². The van der Waals surface area contributed by atoms with E-state index >= 15 is 0 Å². The number of hydrogen-bond acceptors (Lipinski definition) is 7. The summed E-state index contributed by atoms with van der Waals surface area (Å²) in [7, 11) is -7.80. The number of amides is 1. The fourth-order valence-corrected chi connectivity index (χ4v) is 7.73. The highest BCUT2D eigenvalue weighted by Crippen LogP contribution is 2.30. The van der Waals surface area contributed by atoms with E-state index in [2.05, 4.69) is 15.0 Å². The van der Waals surface area contributed by atoms with Gasteiger partial charge in [-0.1, -0.05) is 35.9 Å². The minimum Gasteiger partial charge on any atom is -0.322 e. The average Bonchev–Trinajstić information content (AvgIpc) is 3.41. The number of fused-ring (bicyclic) bond motifs is 1. The van der Waals surface area contributed by atoms with E-state index in [1.54, 1.807) is 5.38 Å². The van der Waals surface area contributed by atoms with Gasteiger partial charge in [0.2, 0.25) is 10.0 Å². The first kappa shape index (κ1) is 26.3. The van der Waals surface area contributed by atoms with Crippen molar-refractivity contribution in [1.29, 1.82) is 0 Å². The van der Waals surface area contributed by atoms with Gasteiger partial charge in [0.25, 0.3) is 15.9 Å². The van der Waals surface area contributed by atoms with Crippen molar-refractivity contribution in [2.75, 3.05) is 16.6 Å². The van der Waals surface area contributed by atoms with E-state index in [-0.39, 0.29) is 32.1 Å². The SMILES string of the molecule is O=C(Nc1ccc(S(=O)(=O)Nc2nccs2)cc1)c1ccc(Cl)c(S(=O)(=O)N2CCc3ccccc3C2)c1. The molecule has 0 saturated heterocycles. The van der Waals surface area contributed by atoms with Crippen molar-refractivity contribution in [3.8, 4) is 0 Å². The molecule has 0 bridgehead atoms. The molecule has 0 radical (unpaired) electrons. The highest BCUT2D eigenvalue weighted by atomic mass is 35.5. The molecule has 2 N–H and O–H groups in total. The van der Waals surface area contributed by atoms with Gasteiger partial charge < -0.3 is 5.32 Å². The molecule has 0 spiro atoms. The number of thiazole rings is 1. The molecule has 3 aromatic carbocycles. The summed E-state index contributed by atoms with van der Waals surface area (Å²) in [5.41, 5.74) is 2.46. The summed E-state index contributed by atoms with van der Waals surface area (Å²) in [4.78, 5) is 16.7. The van der Waals surface area contributed by atoms with Crippen LogP contribution >= 0.6 is 22.9 Å². The Morgan fingerprint density at radius 3 is 2.42 bits per heavy atom. The number of carbonyl (C=O) groups excluding carboxylic acids is 1. The largest absolute Gasteiger partial charge is 0.322 e. The van der Waals surface area contributed by atoms with Crippen LogP contribution in [0.15, 0.2) is 88.1 Å². The number of nitrogens with zero attached hydrogens (tertiary/aromatic N) is 2. The molecular formula is C25H21ClN4O5S3. The topological polar surface area (TPSA) is 126 Å². The van der Waals surface area contributed by atoms with E-state index in [9.17, 15) is 21.6 Å². The Morgan fingerprint density at radius 1 is 0.974 bits per heavy atom. The minimum absolute atomic E-state index is 0.00585. The number of halogens is 1. The lowest BCUT2D eigenvalue weighted by atomic mass is 10.0. The van der Waals surface area contributed by atoms with Crippen LogP contribution in [0.25, 0.3) is 0 Å². The van der Waals surface area contributed by atoms with E-state index in [1.807, 2.05) is 24.3 Å². The Kier molecular flexibility index (Phi) is 7.25. The first-order valence-corrected chi connectivity index (χ1v) is 15.5. The van der Waals surface area contributed by atoms with Gasteiger partial charge >= 0.3 is 0 Å². The predicted molar refractivity (Wildman–Crippen MR) is 147 cm³/mol. The van der Waals surface area contributed by atoms with Crippen molar-refractivity contribution in [1.82, 2.24) is 9.29 Å². The molecule has 0 fully saturated rings. The number of carbonyl (C=O) groups is 1. The standard InChI is InChI=1S/C25H21ClN4O5S3/c26-22-10-5-18(15-23(22)38(34,35)30-13-11-17-3-1-2-4-19(17)16-30)24(31)28-20-6-8-21(9-7-20)37(32,33)29-25-27-12-14-36-25/h1-10,12,14-15H,11,13,16H2,(H,27,29)(H,28,31). The maximum absolute atomic E-state index is 13.4. The summed E-state index contributed by atoms with van der Waals surface area (Å²) in [5, 5.41) is 4.56. The van der Waals surface area contributed by atoms with E-state index in [4.69, 9.17) is 11.6 Å². The lowest BCUT2D eigenvalue weighted by Gasteiger charge is -2.28.